The van der Waals surface area contributed by atoms with Gasteiger partial charge in [-0.05, 0) is 53.1 Å². The number of esters is 1. The van der Waals surface area contributed by atoms with Crippen molar-refractivity contribution in [2.75, 3.05) is 24.4 Å². The summed E-state index contributed by atoms with van der Waals surface area (Å²) in [4.78, 5) is 36.9. The van der Waals surface area contributed by atoms with E-state index in [4.69, 9.17) is 9.47 Å². The first kappa shape index (κ1) is 25.2. The van der Waals surface area contributed by atoms with E-state index in [1.54, 1.807) is 42.5 Å². The molecule has 0 heterocycles. The fraction of sp³-hybridized carbons (Fsp3) is 0.100. The van der Waals surface area contributed by atoms with E-state index in [0.29, 0.717) is 22.7 Å². The minimum Gasteiger partial charge on any atom is -0.495 e. The summed E-state index contributed by atoms with van der Waals surface area (Å²) >= 11 is 0. The molecule has 0 aliphatic carbocycles. The van der Waals surface area contributed by atoms with Crippen LogP contribution in [0.1, 0.15) is 15.9 Å². The lowest BCUT2D eigenvalue weighted by Gasteiger charge is -2.10. The normalized spacial score (nSPS) is 10.3. The van der Waals surface area contributed by atoms with Gasteiger partial charge in [-0.3, -0.25) is 14.4 Å². The van der Waals surface area contributed by atoms with E-state index >= 15 is 0 Å². The summed E-state index contributed by atoms with van der Waals surface area (Å²) in [5, 5.41) is 5.45. The van der Waals surface area contributed by atoms with E-state index in [0.717, 1.165) is 16.7 Å². The Labute approximate surface area is 215 Å². The highest BCUT2D eigenvalue weighted by Crippen LogP contribution is 2.24. The second kappa shape index (κ2) is 12.2. The minimum absolute atomic E-state index is 0.0678. The average Bonchev–Trinajstić information content (AvgIpc) is 2.93. The fourth-order valence-electron chi connectivity index (χ4n) is 3.65. The van der Waals surface area contributed by atoms with Crippen LogP contribution in [0.25, 0.3) is 11.1 Å². The molecular formula is C30H26N2O5. The molecule has 4 rings (SSSR count). The monoisotopic (exact) mass is 494 g/mol. The molecule has 186 valence electrons. The number of amides is 2. The molecular weight excluding hydrogens is 468 g/mol. The van der Waals surface area contributed by atoms with Crippen LogP contribution < -0.4 is 15.4 Å². The van der Waals surface area contributed by atoms with Crippen LogP contribution in [0, 0.1) is 0 Å². The summed E-state index contributed by atoms with van der Waals surface area (Å²) in [5.74, 6) is -0.725. The summed E-state index contributed by atoms with van der Waals surface area (Å²) in [6, 6.07) is 31.1. The molecule has 0 spiro atoms. The van der Waals surface area contributed by atoms with Gasteiger partial charge >= 0.3 is 5.97 Å². The van der Waals surface area contributed by atoms with Gasteiger partial charge in [0.25, 0.3) is 11.8 Å². The number of carbonyl (C=O) groups is 3. The summed E-state index contributed by atoms with van der Waals surface area (Å²) in [6.45, 7) is -0.406. The van der Waals surface area contributed by atoms with Gasteiger partial charge in [0, 0.05) is 11.3 Å². The number of hydrogen-bond donors (Lipinski definition) is 2. The van der Waals surface area contributed by atoms with Crippen molar-refractivity contribution < 1.29 is 23.9 Å². The molecule has 0 bridgehead atoms. The highest BCUT2D eigenvalue weighted by atomic mass is 16.5. The van der Waals surface area contributed by atoms with Crippen LogP contribution in [-0.2, 0) is 20.7 Å². The molecule has 0 saturated heterocycles. The zero-order valence-electron chi connectivity index (χ0n) is 20.3. The number of rotatable bonds is 9. The standard InChI is InChI=1S/C30H26N2O5/c1-36-27-10-6-5-9-26(27)32-30(35)24-15-17-25(18-16-24)31-28(33)20-37-29(34)19-21-11-13-23(14-12-21)22-7-3-2-4-8-22/h2-18H,19-20H2,1H3,(H,31,33)(H,32,35). The van der Waals surface area contributed by atoms with E-state index in [1.807, 2.05) is 60.7 Å². The molecule has 0 radical (unpaired) electrons. The van der Waals surface area contributed by atoms with E-state index in [-0.39, 0.29) is 12.3 Å². The molecule has 4 aromatic rings. The topological polar surface area (TPSA) is 93.7 Å². The van der Waals surface area contributed by atoms with Crippen LogP contribution in [-0.4, -0.2) is 31.5 Å². The van der Waals surface area contributed by atoms with Crippen molar-refractivity contribution in [2.24, 2.45) is 0 Å². The van der Waals surface area contributed by atoms with Gasteiger partial charge in [-0.25, -0.2) is 0 Å². The Balaban J connectivity index is 1.23. The maximum absolute atomic E-state index is 12.5. The lowest BCUT2D eigenvalue weighted by atomic mass is 10.0. The summed E-state index contributed by atoms with van der Waals surface area (Å²) < 4.78 is 10.4. The molecule has 0 aliphatic rings. The van der Waals surface area contributed by atoms with E-state index < -0.39 is 18.5 Å². The predicted molar refractivity (Wildman–Crippen MR) is 143 cm³/mol. The molecule has 0 unspecified atom stereocenters. The molecule has 2 amide bonds. The number of ether oxygens (including phenoxy) is 2. The third-order valence-electron chi connectivity index (χ3n) is 5.56. The highest BCUT2D eigenvalue weighted by molar-refractivity contribution is 6.05. The number of para-hydroxylation sites is 2. The quantitative estimate of drug-likeness (QED) is 0.307. The first-order chi connectivity index (χ1) is 18.0. The van der Waals surface area contributed by atoms with Gasteiger partial charge < -0.3 is 20.1 Å². The van der Waals surface area contributed by atoms with Crippen LogP contribution in [0.15, 0.2) is 103 Å². The predicted octanol–water partition coefficient (Wildman–Crippen LogP) is 5.34. The Bertz CT molecular complexity index is 1370. The average molecular weight is 495 g/mol. The SMILES string of the molecule is COc1ccccc1NC(=O)c1ccc(NC(=O)COC(=O)Cc2ccc(-c3ccccc3)cc2)cc1. The lowest BCUT2D eigenvalue weighted by molar-refractivity contribution is -0.146. The van der Waals surface area contributed by atoms with E-state index in [1.165, 1.54) is 7.11 Å². The summed E-state index contributed by atoms with van der Waals surface area (Å²) in [6.07, 6.45) is 0.0678. The molecule has 7 nitrogen and oxygen atoms in total. The number of anilines is 2. The molecule has 0 atom stereocenters. The van der Waals surface area contributed by atoms with Crippen LogP contribution in [0.4, 0.5) is 11.4 Å². The van der Waals surface area contributed by atoms with E-state index in [9.17, 15) is 14.4 Å². The summed E-state index contributed by atoms with van der Waals surface area (Å²) in [7, 11) is 1.53. The maximum Gasteiger partial charge on any atom is 0.310 e. The van der Waals surface area contributed by atoms with Crippen LogP contribution in [0.5, 0.6) is 5.75 Å². The first-order valence-electron chi connectivity index (χ1n) is 11.7. The number of nitrogens with one attached hydrogen (secondary N) is 2. The second-order valence-electron chi connectivity index (χ2n) is 8.18. The number of carbonyl (C=O) groups excluding carboxylic acids is 3. The van der Waals surface area contributed by atoms with Gasteiger partial charge in [0.1, 0.15) is 5.75 Å². The van der Waals surface area contributed by atoms with E-state index in [2.05, 4.69) is 10.6 Å². The summed E-state index contributed by atoms with van der Waals surface area (Å²) in [5.41, 5.74) is 4.40. The molecule has 0 aromatic heterocycles. The maximum atomic E-state index is 12.5. The molecule has 0 saturated carbocycles. The first-order valence-corrected chi connectivity index (χ1v) is 11.7. The van der Waals surface area contributed by atoms with Gasteiger partial charge in [-0.1, -0.05) is 66.7 Å². The molecule has 0 fully saturated rings. The van der Waals surface area contributed by atoms with Crippen LogP contribution in [0.2, 0.25) is 0 Å². The smallest absolute Gasteiger partial charge is 0.310 e. The van der Waals surface area contributed by atoms with Crippen molar-refractivity contribution in [3.63, 3.8) is 0 Å². The minimum atomic E-state index is -0.494. The number of benzene rings is 4. The molecule has 4 aromatic carbocycles. The molecule has 7 heteroatoms. The Morgan fingerprint density at radius 2 is 1.35 bits per heavy atom. The van der Waals surface area contributed by atoms with Gasteiger partial charge in [0.05, 0.1) is 19.2 Å². The highest BCUT2D eigenvalue weighted by Gasteiger charge is 2.12. The Kier molecular flexibility index (Phi) is 8.29. The Morgan fingerprint density at radius 3 is 2.05 bits per heavy atom. The van der Waals surface area contributed by atoms with Crippen molar-refractivity contribution in [3.8, 4) is 16.9 Å². The fourth-order valence-corrected chi connectivity index (χ4v) is 3.65. The number of methoxy groups -OCH3 is 1. The largest absolute Gasteiger partial charge is 0.495 e. The zero-order chi connectivity index (χ0) is 26.0. The van der Waals surface area contributed by atoms with Crippen molar-refractivity contribution in [2.45, 2.75) is 6.42 Å². The molecule has 0 aliphatic heterocycles. The molecule has 37 heavy (non-hydrogen) atoms. The van der Waals surface area contributed by atoms with Gasteiger partial charge in [0.2, 0.25) is 0 Å². The van der Waals surface area contributed by atoms with Crippen LogP contribution >= 0.6 is 0 Å². The number of hydrogen-bond acceptors (Lipinski definition) is 5. The zero-order valence-corrected chi connectivity index (χ0v) is 20.3. The third-order valence-corrected chi connectivity index (χ3v) is 5.56. The van der Waals surface area contributed by atoms with Gasteiger partial charge in [-0.2, -0.15) is 0 Å². The van der Waals surface area contributed by atoms with Crippen LogP contribution in [0.3, 0.4) is 0 Å². The Morgan fingerprint density at radius 1 is 0.703 bits per heavy atom. The lowest BCUT2D eigenvalue weighted by Crippen LogP contribution is -2.21. The second-order valence-corrected chi connectivity index (χ2v) is 8.18. The van der Waals surface area contributed by atoms with Crippen molar-refractivity contribution >= 4 is 29.2 Å². The Hall–Kier alpha value is -4.91. The van der Waals surface area contributed by atoms with Gasteiger partial charge in [-0.15, -0.1) is 0 Å². The van der Waals surface area contributed by atoms with Gasteiger partial charge in [0.15, 0.2) is 6.61 Å². The van der Waals surface area contributed by atoms with Crippen molar-refractivity contribution in [3.05, 3.63) is 114 Å². The van der Waals surface area contributed by atoms with Crippen molar-refractivity contribution in [1.29, 1.82) is 0 Å². The van der Waals surface area contributed by atoms with Crippen molar-refractivity contribution in [1.82, 2.24) is 0 Å². The third kappa shape index (κ3) is 7.05. The molecule has 2 N–H and O–H groups in total.